The number of alkyl halides is 3. The molecule has 0 atom stereocenters. The quantitative estimate of drug-likeness (QED) is 0.336. The summed E-state index contributed by atoms with van der Waals surface area (Å²) in [7, 11) is 0. The van der Waals surface area contributed by atoms with Gasteiger partial charge in [0.25, 0.3) is 5.91 Å². The first-order valence-corrected chi connectivity index (χ1v) is 12.1. The average molecular weight is 516 g/mol. The highest BCUT2D eigenvalue weighted by atomic mass is 19.4. The lowest BCUT2D eigenvalue weighted by Crippen LogP contribution is -2.15. The van der Waals surface area contributed by atoms with Crippen LogP contribution in [0.15, 0.2) is 61.1 Å². The van der Waals surface area contributed by atoms with Crippen LogP contribution in [0.4, 0.5) is 18.9 Å². The fourth-order valence-electron chi connectivity index (χ4n) is 4.00. The van der Waals surface area contributed by atoms with E-state index in [4.69, 9.17) is 0 Å². The predicted molar refractivity (Wildman–Crippen MR) is 137 cm³/mol. The lowest BCUT2D eigenvalue weighted by molar-refractivity contribution is -0.137. The normalized spacial score (nSPS) is 13.1. The minimum Gasteiger partial charge on any atom is -0.322 e. The zero-order chi connectivity index (χ0) is 26.9. The summed E-state index contributed by atoms with van der Waals surface area (Å²) < 4.78 is 42.7. The van der Waals surface area contributed by atoms with Gasteiger partial charge < -0.3 is 9.88 Å². The molecule has 1 saturated carbocycles. The van der Waals surface area contributed by atoms with E-state index < -0.39 is 17.6 Å². The van der Waals surface area contributed by atoms with Crippen molar-refractivity contribution >= 4 is 11.6 Å². The van der Waals surface area contributed by atoms with Crippen molar-refractivity contribution in [2.45, 2.75) is 39.3 Å². The summed E-state index contributed by atoms with van der Waals surface area (Å²) in [4.78, 5) is 16.9. The molecule has 0 saturated heterocycles. The topological polar surface area (TPSA) is 72.7 Å². The van der Waals surface area contributed by atoms with Gasteiger partial charge in [-0.3, -0.25) is 4.79 Å². The van der Waals surface area contributed by atoms with Gasteiger partial charge in [-0.15, -0.1) is 5.10 Å². The Morgan fingerprint density at radius 3 is 2.53 bits per heavy atom. The third-order valence-corrected chi connectivity index (χ3v) is 6.29. The highest BCUT2D eigenvalue weighted by molar-refractivity contribution is 6.04. The van der Waals surface area contributed by atoms with Crippen molar-refractivity contribution in [2.75, 3.05) is 5.32 Å². The molecule has 1 N–H and O–H groups in total. The third kappa shape index (κ3) is 5.92. The van der Waals surface area contributed by atoms with Gasteiger partial charge in [0.2, 0.25) is 0 Å². The second-order valence-electron chi connectivity index (χ2n) is 9.44. The van der Waals surface area contributed by atoms with Gasteiger partial charge >= 0.3 is 6.18 Å². The molecule has 0 bridgehead atoms. The minimum atomic E-state index is -4.63. The first-order valence-electron chi connectivity index (χ1n) is 12.1. The number of hydrogen-bond donors (Lipinski definition) is 1. The average Bonchev–Trinajstić information content (AvgIpc) is 3.60. The fourth-order valence-corrected chi connectivity index (χ4v) is 4.00. The molecule has 0 spiro atoms. The van der Waals surface area contributed by atoms with Crippen LogP contribution in [-0.2, 0) is 12.6 Å². The van der Waals surface area contributed by atoms with Gasteiger partial charge in [-0.1, -0.05) is 12.0 Å². The molecule has 0 radical (unpaired) electrons. The van der Waals surface area contributed by atoms with Crippen molar-refractivity contribution in [3.8, 4) is 17.5 Å². The van der Waals surface area contributed by atoms with Crippen molar-refractivity contribution in [2.24, 2.45) is 5.92 Å². The van der Waals surface area contributed by atoms with E-state index in [1.807, 2.05) is 19.1 Å². The van der Waals surface area contributed by atoms with E-state index in [0.29, 0.717) is 17.0 Å². The summed E-state index contributed by atoms with van der Waals surface area (Å²) in [6, 6.07) is 12.4. The summed E-state index contributed by atoms with van der Waals surface area (Å²) in [6.45, 7) is 3.56. The molecular formula is C29H24F3N5O. The van der Waals surface area contributed by atoms with Crippen LogP contribution in [-0.4, -0.2) is 25.7 Å². The van der Waals surface area contributed by atoms with Crippen molar-refractivity contribution < 1.29 is 18.0 Å². The molecule has 4 aromatic rings. The molecule has 1 aliphatic rings. The summed E-state index contributed by atoms with van der Waals surface area (Å²) >= 11 is 0. The Labute approximate surface area is 218 Å². The molecule has 2 aromatic carbocycles. The van der Waals surface area contributed by atoms with E-state index in [-0.39, 0.29) is 16.9 Å². The van der Waals surface area contributed by atoms with Crippen LogP contribution in [0, 0.1) is 31.6 Å². The van der Waals surface area contributed by atoms with Crippen LogP contribution < -0.4 is 5.32 Å². The largest absolute Gasteiger partial charge is 0.418 e. The Balaban J connectivity index is 1.35. The summed E-state index contributed by atoms with van der Waals surface area (Å²) in [5.41, 5.74) is 2.87. The maximum absolute atomic E-state index is 13.8. The number of anilines is 1. The number of nitrogens with one attached hydrogen (secondary N) is 1. The van der Waals surface area contributed by atoms with E-state index in [2.05, 4.69) is 32.3 Å². The third-order valence-electron chi connectivity index (χ3n) is 6.29. The number of aromatic nitrogens is 4. The summed E-state index contributed by atoms with van der Waals surface area (Å²) in [5, 5.41) is 11.0. The van der Waals surface area contributed by atoms with Gasteiger partial charge in [-0.25, -0.2) is 4.98 Å². The van der Waals surface area contributed by atoms with E-state index in [1.54, 1.807) is 25.1 Å². The van der Waals surface area contributed by atoms with E-state index in [0.717, 1.165) is 29.7 Å². The molecule has 5 rings (SSSR count). The van der Waals surface area contributed by atoms with Crippen molar-refractivity contribution in [3.05, 3.63) is 100 Å². The predicted octanol–water partition coefficient (Wildman–Crippen LogP) is 5.90. The van der Waals surface area contributed by atoms with Crippen LogP contribution in [0.25, 0.3) is 5.69 Å². The summed E-state index contributed by atoms with van der Waals surface area (Å²) in [6.07, 6.45) is 1.62. The zero-order valence-corrected chi connectivity index (χ0v) is 20.8. The number of amides is 1. The molecule has 0 unspecified atom stereocenters. The molecule has 9 heteroatoms. The molecule has 0 aliphatic heterocycles. The maximum atomic E-state index is 13.8. The van der Waals surface area contributed by atoms with Gasteiger partial charge in [0.15, 0.2) is 0 Å². The minimum absolute atomic E-state index is 0.0256. The monoisotopic (exact) mass is 515 g/mol. The van der Waals surface area contributed by atoms with Gasteiger partial charge in [0.1, 0.15) is 5.69 Å². The molecule has 192 valence electrons. The fraction of sp³-hybridized carbons (Fsp3) is 0.241. The van der Waals surface area contributed by atoms with Crippen molar-refractivity contribution in [1.82, 2.24) is 19.7 Å². The number of aryl methyl sites for hydroxylation is 2. The van der Waals surface area contributed by atoms with Crippen LogP contribution >= 0.6 is 0 Å². The number of carbonyl (C=O) groups is 1. The maximum Gasteiger partial charge on any atom is 0.418 e. The molecular weight excluding hydrogens is 491 g/mol. The molecule has 1 amide bonds. The SMILES string of the molecule is Cc1cn(-c2ccc(NC(=O)c3ccc(C)c(C#Cc4ccc(CC5CC5)nn4)c3)cc2C(F)(F)F)cn1. The van der Waals surface area contributed by atoms with Gasteiger partial charge in [0, 0.05) is 23.0 Å². The zero-order valence-electron chi connectivity index (χ0n) is 20.8. The van der Waals surface area contributed by atoms with Crippen LogP contribution in [0.5, 0.6) is 0 Å². The number of rotatable bonds is 5. The van der Waals surface area contributed by atoms with Gasteiger partial charge in [-0.05, 0) is 93.0 Å². The molecule has 1 aliphatic carbocycles. The lowest BCUT2D eigenvalue weighted by atomic mass is 10.0. The number of benzene rings is 2. The Kier molecular flexibility index (Phi) is 6.72. The van der Waals surface area contributed by atoms with E-state index in [1.165, 1.54) is 42.1 Å². The highest BCUT2D eigenvalue weighted by Gasteiger charge is 2.34. The summed E-state index contributed by atoms with van der Waals surface area (Å²) in [5.74, 6) is 6.18. The van der Waals surface area contributed by atoms with Crippen molar-refractivity contribution in [3.63, 3.8) is 0 Å². The lowest BCUT2D eigenvalue weighted by Gasteiger charge is -2.15. The molecule has 38 heavy (non-hydrogen) atoms. The Hall–Kier alpha value is -4.45. The Bertz CT molecular complexity index is 1560. The second kappa shape index (κ2) is 10.1. The molecule has 2 heterocycles. The number of nitrogens with zero attached hydrogens (tertiary/aromatic N) is 4. The smallest absolute Gasteiger partial charge is 0.322 e. The first kappa shape index (κ1) is 25.2. The van der Waals surface area contributed by atoms with E-state index >= 15 is 0 Å². The Morgan fingerprint density at radius 1 is 1.05 bits per heavy atom. The first-order chi connectivity index (χ1) is 18.2. The van der Waals surface area contributed by atoms with E-state index in [9.17, 15) is 18.0 Å². The second-order valence-corrected chi connectivity index (χ2v) is 9.44. The molecule has 6 nitrogen and oxygen atoms in total. The standard InChI is InChI=1S/C29H24F3N5O/c1-18-3-6-22(14-21(18)7-8-23-9-10-25(36-35-23)13-20-4-5-20)28(38)34-24-11-12-27(26(15-24)29(30,31)32)37-16-19(2)33-17-37/h3,6,9-12,14-17,20H,4-5,13H2,1-2H3,(H,34,38). The van der Waals surface area contributed by atoms with Gasteiger partial charge in [-0.2, -0.15) is 18.3 Å². The van der Waals surface area contributed by atoms with Crippen LogP contribution in [0.3, 0.4) is 0 Å². The van der Waals surface area contributed by atoms with Crippen LogP contribution in [0.2, 0.25) is 0 Å². The van der Waals surface area contributed by atoms with Crippen molar-refractivity contribution in [1.29, 1.82) is 0 Å². The molecule has 1 fully saturated rings. The highest BCUT2D eigenvalue weighted by Crippen LogP contribution is 2.36. The van der Waals surface area contributed by atoms with Gasteiger partial charge in [0.05, 0.1) is 29.0 Å². The Morgan fingerprint density at radius 2 is 1.87 bits per heavy atom. The van der Waals surface area contributed by atoms with Crippen LogP contribution in [0.1, 0.15) is 57.0 Å². The number of hydrogen-bond acceptors (Lipinski definition) is 4. The number of halogens is 3. The number of carbonyl (C=O) groups excluding carboxylic acids is 1. The molecule has 2 aromatic heterocycles. The number of imidazole rings is 1.